The Labute approximate surface area is 147 Å². The third kappa shape index (κ3) is 1.83. The van der Waals surface area contributed by atoms with Crippen LogP contribution in [0.25, 0.3) is 0 Å². The van der Waals surface area contributed by atoms with Gasteiger partial charge in [-0.25, -0.2) is 0 Å². The van der Waals surface area contributed by atoms with Crippen molar-refractivity contribution in [1.82, 2.24) is 4.90 Å². The number of methoxy groups -OCH3 is 1. The minimum absolute atomic E-state index is 0.00328. The van der Waals surface area contributed by atoms with Crippen molar-refractivity contribution >= 4 is 11.7 Å². The lowest BCUT2D eigenvalue weighted by atomic mass is 9.55. The zero-order valence-corrected chi connectivity index (χ0v) is 14.4. The molecule has 5 heteroatoms. The molecule has 0 amide bonds. The second kappa shape index (κ2) is 5.32. The topological polar surface area (TPSA) is 61.8 Å². The number of anilines is 1. The molecule has 3 fully saturated rings. The van der Waals surface area contributed by atoms with Gasteiger partial charge in [-0.2, -0.15) is 0 Å². The monoisotopic (exact) mass is 340 g/mol. The molecule has 0 aromatic heterocycles. The predicted octanol–water partition coefficient (Wildman–Crippen LogP) is 1.53. The average Bonchev–Trinajstić information content (AvgIpc) is 3.18. The Morgan fingerprint density at radius 1 is 1.48 bits per heavy atom. The fourth-order valence-corrected chi connectivity index (χ4v) is 6.21. The Bertz CT molecular complexity index is 761. The Kier molecular flexibility index (Phi) is 3.28. The van der Waals surface area contributed by atoms with Gasteiger partial charge in [-0.15, -0.1) is 0 Å². The predicted molar refractivity (Wildman–Crippen MR) is 94.3 cm³/mol. The first-order valence-electron chi connectivity index (χ1n) is 9.18. The van der Waals surface area contributed by atoms with Gasteiger partial charge in [-0.05, 0) is 36.9 Å². The standard InChI is InChI=1S/C20H24N2O3/c1-25-19(24)17-13-10-16-20(7-8-22(16)11-12(13)6-9-23)14-4-2-3-5-15(14)21-18(17)20/h2-6,13,16-18,21,23H,7-11H2,1H3/b12-6-/t13-,16-,17-,18-,20+/m0/s1. The van der Waals surface area contributed by atoms with Crippen molar-refractivity contribution in [3.05, 3.63) is 41.5 Å². The summed E-state index contributed by atoms with van der Waals surface area (Å²) in [7, 11) is 1.49. The molecule has 1 aromatic carbocycles. The number of carbonyl (C=O) groups is 1. The van der Waals surface area contributed by atoms with Crippen molar-refractivity contribution in [3.63, 3.8) is 0 Å². The maximum absolute atomic E-state index is 12.8. The second-order valence-corrected chi connectivity index (χ2v) is 7.80. The van der Waals surface area contributed by atoms with Gasteiger partial charge >= 0.3 is 5.97 Å². The number of ether oxygens (including phenoxy) is 1. The Balaban J connectivity index is 1.69. The van der Waals surface area contributed by atoms with Crippen LogP contribution in [0.4, 0.5) is 5.69 Å². The fraction of sp³-hybridized carbons (Fsp3) is 0.550. The van der Waals surface area contributed by atoms with Gasteiger partial charge in [0.1, 0.15) is 0 Å². The summed E-state index contributed by atoms with van der Waals surface area (Å²) < 4.78 is 5.24. The number of aliphatic hydroxyl groups excluding tert-OH is 1. The first-order chi connectivity index (χ1) is 12.2. The van der Waals surface area contributed by atoms with E-state index in [0.717, 1.165) is 25.9 Å². The van der Waals surface area contributed by atoms with Crippen molar-refractivity contribution < 1.29 is 14.6 Å². The van der Waals surface area contributed by atoms with E-state index < -0.39 is 0 Å². The van der Waals surface area contributed by atoms with Crippen molar-refractivity contribution in [2.75, 3.05) is 32.1 Å². The first kappa shape index (κ1) is 15.4. The molecule has 1 spiro atoms. The summed E-state index contributed by atoms with van der Waals surface area (Å²) in [4.78, 5) is 15.4. The molecule has 132 valence electrons. The van der Waals surface area contributed by atoms with E-state index in [9.17, 15) is 9.90 Å². The molecule has 0 radical (unpaired) electrons. The molecule has 5 rings (SSSR count). The zero-order chi connectivity index (χ0) is 17.2. The van der Waals surface area contributed by atoms with E-state index in [4.69, 9.17) is 4.74 Å². The SMILES string of the molecule is COC(=O)[C@H]1[C@H]2C[C@@H]3N(CC[C@@]34c3ccccc3N[C@@H]14)C/C2=C/CO. The van der Waals surface area contributed by atoms with Gasteiger partial charge < -0.3 is 15.2 Å². The van der Waals surface area contributed by atoms with E-state index in [1.54, 1.807) is 0 Å². The van der Waals surface area contributed by atoms with E-state index in [0.29, 0.717) is 6.04 Å². The highest BCUT2D eigenvalue weighted by Crippen LogP contribution is 2.61. The number of aliphatic hydroxyl groups is 1. The van der Waals surface area contributed by atoms with Crippen LogP contribution in [0.3, 0.4) is 0 Å². The smallest absolute Gasteiger partial charge is 0.311 e. The maximum Gasteiger partial charge on any atom is 0.311 e. The fourth-order valence-electron chi connectivity index (χ4n) is 6.21. The second-order valence-electron chi connectivity index (χ2n) is 7.80. The molecule has 2 N–H and O–H groups in total. The highest BCUT2D eigenvalue weighted by atomic mass is 16.5. The van der Waals surface area contributed by atoms with E-state index >= 15 is 0 Å². The van der Waals surface area contributed by atoms with Gasteiger partial charge in [-0.3, -0.25) is 9.69 Å². The van der Waals surface area contributed by atoms with Crippen molar-refractivity contribution in [3.8, 4) is 0 Å². The Morgan fingerprint density at radius 3 is 3.12 bits per heavy atom. The number of piperidine rings is 1. The lowest BCUT2D eigenvalue weighted by molar-refractivity contribution is -0.151. The number of nitrogens with one attached hydrogen (secondary N) is 1. The van der Waals surface area contributed by atoms with Crippen molar-refractivity contribution in [2.24, 2.45) is 11.8 Å². The number of esters is 1. The molecule has 1 aromatic rings. The first-order valence-corrected chi connectivity index (χ1v) is 9.18. The summed E-state index contributed by atoms with van der Waals surface area (Å²) in [6.45, 7) is 1.93. The third-order valence-corrected chi connectivity index (χ3v) is 7.10. The Hall–Kier alpha value is -1.85. The molecule has 4 aliphatic rings. The molecule has 1 saturated carbocycles. The van der Waals surface area contributed by atoms with Crippen LogP contribution >= 0.6 is 0 Å². The summed E-state index contributed by atoms with van der Waals surface area (Å²) in [5, 5.41) is 13.2. The van der Waals surface area contributed by atoms with E-state index in [-0.39, 0.29) is 35.9 Å². The zero-order valence-electron chi connectivity index (χ0n) is 14.4. The molecule has 1 aliphatic carbocycles. The molecule has 0 unspecified atom stereocenters. The van der Waals surface area contributed by atoms with E-state index in [1.807, 2.05) is 6.08 Å². The Morgan fingerprint density at radius 2 is 2.32 bits per heavy atom. The van der Waals surface area contributed by atoms with Gasteiger partial charge in [0, 0.05) is 23.7 Å². The largest absolute Gasteiger partial charge is 0.469 e. The summed E-state index contributed by atoms with van der Waals surface area (Å²) in [5.41, 5.74) is 3.73. The van der Waals surface area contributed by atoms with Crippen molar-refractivity contribution in [1.29, 1.82) is 0 Å². The number of fused-ring (bicyclic) bond motifs is 2. The van der Waals surface area contributed by atoms with Crippen LogP contribution in [0.1, 0.15) is 18.4 Å². The number of hydrogen-bond donors (Lipinski definition) is 2. The normalized spacial score (nSPS) is 39.7. The minimum atomic E-state index is -0.202. The molecular weight excluding hydrogens is 316 g/mol. The van der Waals surface area contributed by atoms with E-state index in [2.05, 4.69) is 34.5 Å². The van der Waals surface area contributed by atoms with Crippen molar-refractivity contribution in [2.45, 2.75) is 30.3 Å². The third-order valence-electron chi connectivity index (χ3n) is 7.10. The molecule has 3 heterocycles. The average molecular weight is 340 g/mol. The van der Waals surface area contributed by atoms with Crippen LogP contribution in [0.2, 0.25) is 0 Å². The molecule has 3 aliphatic heterocycles. The van der Waals surface area contributed by atoms with Gasteiger partial charge in [0.15, 0.2) is 0 Å². The van der Waals surface area contributed by atoms with E-state index in [1.165, 1.54) is 23.9 Å². The van der Waals surface area contributed by atoms with Crippen LogP contribution in [0.5, 0.6) is 0 Å². The highest BCUT2D eigenvalue weighted by Gasteiger charge is 2.66. The molecule has 5 atom stereocenters. The summed E-state index contributed by atoms with van der Waals surface area (Å²) >= 11 is 0. The minimum Gasteiger partial charge on any atom is -0.469 e. The molecule has 2 bridgehead atoms. The molecule has 5 nitrogen and oxygen atoms in total. The summed E-state index contributed by atoms with van der Waals surface area (Å²) in [5.74, 6) is -0.178. The maximum atomic E-state index is 12.8. The number of benzene rings is 1. The quantitative estimate of drug-likeness (QED) is 0.632. The lowest BCUT2D eigenvalue weighted by Crippen LogP contribution is -2.63. The van der Waals surface area contributed by atoms with Crippen LogP contribution < -0.4 is 5.32 Å². The number of rotatable bonds is 2. The lowest BCUT2D eigenvalue weighted by Gasteiger charge is -2.54. The number of carbonyl (C=O) groups excluding carboxylic acids is 1. The van der Waals surface area contributed by atoms with Crippen LogP contribution in [0, 0.1) is 11.8 Å². The van der Waals surface area contributed by atoms with Gasteiger partial charge in [0.05, 0.1) is 25.7 Å². The molecule has 2 saturated heterocycles. The molecular formula is C20H24N2O3. The van der Waals surface area contributed by atoms with Gasteiger partial charge in [-0.1, -0.05) is 29.8 Å². The number of nitrogens with zero attached hydrogens (tertiary/aromatic N) is 1. The van der Waals surface area contributed by atoms with Crippen LogP contribution in [-0.2, 0) is 14.9 Å². The van der Waals surface area contributed by atoms with Gasteiger partial charge in [0.25, 0.3) is 0 Å². The highest BCUT2D eigenvalue weighted by molar-refractivity contribution is 5.78. The van der Waals surface area contributed by atoms with Crippen LogP contribution in [-0.4, -0.2) is 54.9 Å². The molecule has 25 heavy (non-hydrogen) atoms. The number of para-hydroxylation sites is 1. The number of hydrogen-bond acceptors (Lipinski definition) is 5. The van der Waals surface area contributed by atoms with Crippen LogP contribution in [0.15, 0.2) is 35.9 Å². The summed E-state index contributed by atoms with van der Waals surface area (Å²) in [6, 6.07) is 9.05. The summed E-state index contributed by atoms with van der Waals surface area (Å²) in [6.07, 6.45) is 3.95. The van der Waals surface area contributed by atoms with Gasteiger partial charge in [0.2, 0.25) is 0 Å².